The van der Waals surface area contributed by atoms with Gasteiger partial charge < -0.3 is 10.1 Å². The van der Waals surface area contributed by atoms with E-state index in [4.69, 9.17) is 0 Å². The highest BCUT2D eigenvalue weighted by molar-refractivity contribution is 7.98. The van der Waals surface area contributed by atoms with E-state index in [2.05, 4.69) is 4.74 Å². The number of hydrogen-bond acceptors (Lipinski definition) is 4. The van der Waals surface area contributed by atoms with Gasteiger partial charge in [-0.1, -0.05) is 6.92 Å². The lowest BCUT2D eigenvalue weighted by Gasteiger charge is -2.28. The van der Waals surface area contributed by atoms with E-state index in [1.165, 1.54) is 5.32 Å². The molecule has 24 heavy (non-hydrogen) atoms. The summed E-state index contributed by atoms with van der Waals surface area (Å²) < 4.78 is 92.9. The van der Waals surface area contributed by atoms with Crippen LogP contribution in [-0.2, 0) is 14.3 Å². The Balaban J connectivity index is 5.25. The molecular formula is C12H16F7NO3S. The van der Waals surface area contributed by atoms with E-state index in [9.17, 15) is 40.3 Å². The first-order chi connectivity index (χ1) is 10.8. The molecule has 0 bridgehead atoms. The Hall–Kier alpha value is -1.20. The Morgan fingerprint density at radius 2 is 1.67 bits per heavy atom. The normalized spacial score (nSPS) is 14.2. The van der Waals surface area contributed by atoms with Gasteiger partial charge in [0.25, 0.3) is 5.91 Å². The van der Waals surface area contributed by atoms with Crippen LogP contribution in [0.25, 0.3) is 0 Å². The number of halogens is 7. The molecule has 0 spiro atoms. The van der Waals surface area contributed by atoms with Gasteiger partial charge >= 0.3 is 24.0 Å². The minimum Gasteiger partial charge on any atom is -0.464 e. The predicted octanol–water partition coefficient (Wildman–Crippen LogP) is 3.01. The minimum absolute atomic E-state index is 0.125. The lowest BCUT2D eigenvalue weighted by Crippen LogP contribution is -2.61. The highest BCUT2D eigenvalue weighted by Crippen LogP contribution is 2.46. The van der Waals surface area contributed by atoms with E-state index < -0.39 is 35.9 Å². The van der Waals surface area contributed by atoms with Crippen LogP contribution in [0.5, 0.6) is 0 Å². The van der Waals surface area contributed by atoms with Gasteiger partial charge in [-0.25, -0.2) is 4.79 Å². The van der Waals surface area contributed by atoms with E-state index in [0.29, 0.717) is 6.42 Å². The van der Waals surface area contributed by atoms with Crippen LogP contribution in [0.2, 0.25) is 0 Å². The summed E-state index contributed by atoms with van der Waals surface area (Å²) in [6.07, 6.45) is -4.98. The van der Waals surface area contributed by atoms with Crippen molar-refractivity contribution in [3.05, 3.63) is 0 Å². The third-order valence-corrected chi connectivity index (χ3v) is 3.33. The molecule has 0 aliphatic heterocycles. The number of amides is 1. The Kier molecular flexibility index (Phi) is 8.33. The number of alkyl halides is 7. The molecule has 1 amide bonds. The predicted molar refractivity (Wildman–Crippen MR) is 72.1 cm³/mol. The summed E-state index contributed by atoms with van der Waals surface area (Å²) >= 11 is 1.14. The SMILES string of the molecule is CCCOC(=O)[C@@H](CCSC)NC(=O)C(F)(F)C(F)(F)C(F)(F)F. The number of carbonyl (C=O) groups is 2. The molecule has 0 aromatic heterocycles. The van der Waals surface area contributed by atoms with Gasteiger partial charge in [-0.2, -0.15) is 42.5 Å². The maximum Gasteiger partial charge on any atom is 0.460 e. The zero-order valence-electron chi connectivity index (χ0n) is 12.7. The standard InChI is InChI=1S/C12H16F7NO3S/c1-3-5-23-8(21)7(4-6-24-2)20-9(22)10(13,14)11(15,16)12(17,18)19/h7H,3-6H2,1-2H3,(H,20,22)/t7-/m1/s1. The van der Waals surface area contributed by atoms with Crippen LogP contribution in [0.4, 0.5) is 30.7 Å². The van der Waals surface area contributed by atoms with Gasteiger partial charge in [0, 0.05) is 0 Å². The largest absolute Gasteiger partial charge is 0.464 e. The maximum absolute atomic E-state index is 13.2. The van der Waals surface area contributed by atoms with Crippen molar-refractivity contribution in [1.82, 2.24) is 5.32 Å². The lowest BCUT2D eigenvalue weighted by atomic mass is 10.1. The fraction of sp³-hybridized carbons (Fsp3) is 0.833. The second kappa shape index (κ2) is 8.77. The fourth-order valence-electron chi connectivity index (χ4n) is 1.36. The van der Waals surface area contributed by atoms with Crippen LogP contribution < -0.4 is 5.32 Å². The first kappa shape index (κ1) is 22.8. The van der Waals surface area contributed by atoms with Crippen molar-refractivity contribution >= 4 is 23.6 Å². The minimum atomic E-state index is -6.63. The highest BCUT2D eigenvalue weighted by Gasteiger charge is 2.76. The molecule has 1 N–H and O–H groups in total. The quantitative estimate of drug-likeness (QED) is 0.488. The van der Waals surface area contributed by atoms with Crippen molar-refractivity contribution in [2.24, 2.45) is 0 Å². The zero-order valence-corrected chi connectivity index (χ0v) is 13.5. The van der Waals surface area contributed by atoms with Crippen LogP contribution in [0, 0.1) is 0 Å². The molecule has 0 saturated heterocycles. The summed E-state index contributed by atoms with van der Waals surface area (Å²) in [5.41, 5.74) is 0. The van der Waals surface area contributed by atoms with E-state index >= 15 is 0 Å². The molecule has 4 nitrogen and oxygen atoms in total. The van der Waals surface area contributed by atoms with Gasteiger partial charge in [0.2, 0.25) is 0 Å². The molecule has 0 aliphatic carbocycles. The van der Waals surface area contributed by atoms with Gasteiger partial charge in [0.05, 0.1) is 6.61 Å². The van der Waals surface area contributed by atoms with E-state index in [1.54, 1.807) is 13.2 Å². The molecule has 12 heteroatoms. The first-order valence-electron chi connectivity index (χ1n) is 6.61. The average Bonchev–Trinajstić information content (AvgIpc) is 2.47. The van der Waals surface area contributed by atoms with E-state index in [1.807, 2.05) is 0 Å². The third-order valence-electron chi connectivity index (χ3n) is 2.68. The second-order valence-corrected chi connectivity index (χ2v) is 5.61. The molecule has 0 heterocycles. The smallest absolute Gasteiger partial charge is 0.460 e. The van der Waals surface area contributed by atoms with Crippen LogP contribution >= 0.6 is 11.8 Å². The number of hydrogen-bond donors (Lipinski definition) is 1. The summed E-state index contributed by atoms with van der Waals surface area (Å²) in [5.74, 6) is -16.6. The molecule has 0 fully saturated rings. The first-order valence-corrected chi connectivity index (χ1v) is 8.01. The Morgan fingerprint density at radius 3 is 2.08 bits per heavy atom. The van der Waals surface area contributed by atoms with Crippen molar-refractivity contribution in [2.75, 3.05) is 18.6 Å². The number of esters is 1. The van der Waals surface area contributed by atoms with Gasteiger partial charge in [-0.3, -0.25) is 4.79 Å². The van der Waals surface area contributed by atoms with Crippen molar-refractivity contribution in [1.29, 1.82) is 0 Å². The Labute approximate surface area is 137 Å². The van der Waals surface area contributed by atoms with Gasteiger partial charge in [-0.15, -0.1) is 0 Å². The second-order valence-electron chi connectivity index (χ2n) is 4.62. The monoisotopic (exact) mass is 387 g/mol. The molecule has 142 valence electrons. The maximum atomic E-state index is 13.2. The average molecular weight is 387 g/mol. The Morgan fingerprint density at radius 1 is 1.12 bits per heavy atom. The molecule has 0 aromatic rings. The summed E-state index contributed by atoms with van der Waals surface area (Å²) in [4.78, 5) is 22.9. The van der Waals surface area contributed by atoms with Crippen LogP contribution in [0.3, 0.4) is 0 Å². The van der Waals surface area contributed by atoms with Crippen molar-refractivity contribution in [3.8, 4) is 0 Å². The molecule has 0 aromatic carbocycles. The Bertz CT molecular complexity index is 443. The molecule has 0 rings (SSSR count). The summed E-state index contributed by atoms with van der Waals surface area (Å²) in [6, 6.07) is -1.76. The molecule has 0 radical (unpaired) electrons. The van der Waals surface area contributed by atoms with Crippen molar-refractivity contribution in [2.45, 2.75) is 43.8 Å². The van der Waals surface area contributed by atoms with Crippen LogP contribution in [0.1, 0.15) is 19.8 Å². The molecule has 1 atom stereocenters. The highest BCUT2D eigenvalue weighted by atomic mass is 32.2. The third kappa shape index (κ3) is 5.42. The van der Waals surface area contributed by atoms with Gasteiger partial charge in [-0.05, 0) is 24.9 Å². The van der Waals surface area contributed by atoms with Crippen LogP contribution in [-0.4, -0.2) is 54.6 Å². The van der Waals surface area contributed by atoms with Crippen molar-refractivity contribution in [3.63, 3.8) is 0 Å². The number of nitrogens with one attached hydrogen (secondary N) is 1. The van der Waals surface area contributed by atoms with Gasteiger partial charge in [0.1, 0.15) is 6.04 Å². The topological polar surface area (TPSA) is 55.4 Å². The summed E-state index contributed by atoms with van der Waals surface area (Å²) in [7, 11) is 0. The van der Waals surface area contributed by atoms with Gasteiger partial charge in [0.15, 0.2) is 0 Å². The zero-order chi connectivity index (χ0) is 19.2. The van der Waals surface area contributed by atoms with Crippen LogP contribution in [0.15, 0.2) is 0 Å². The van der Waals surface area contributed by atoms with E-state index in [0.717, 1.165) is 11.8 Å². The fourth-order valence-corrected chi connectivity index (χ4v) is 1.83. The molecular weight excluding hydrogens is 371 g/mol. The molecule has 0 unspecified atom stereocenters. The lowest BCUT2D eigenvalue weighted by molar-refractivity contribution is -0.344. The number of ether oxygens (including phenoxy) is 1. The van der Waals surface area contributed by atoms with Crippen molar-refractivity contribution < 1.29 is 45.1 Å². The molecule has 0 saturated carbocycles. The summed E-state index contributed by atoms with van der Waals surface area (Å²) in [5, 5.41) is 1.22. The van der Waals surface area contributed by atoms with E-state index in [-0.39, 0.29) is 18.8 Å². The summed E-state index contributed by atoms with van der Waals surface area (Å²) in [6.45, 7) is 1.49. The number of thioether (sulfide) groups is 1. The number of rotatable bonds is 9. The molecule has 0 aliphatic rings. The number of carbonyl (C=O) groups excluding carboxylic acids is 2.